The van der Waals surface area contributed by atoms with E-state index in [2.05, 4.69) is 10.6 Å². The van der Waals surface area contributed by atoms with Gasteiger partial charge in [0.15, 0.2) is 9.84 Å². The van der Waals surface area contributed by atoms with Gasteiger partial charge in [0.2, 0.25) is 11.8 Å². The molecule has 142 valence electrons. The van der Waals surface area contributed by atoms with Crippen LogP contribution in [0.25, 0.3) is 0 Å². The van der Waals surface area contributed by atoms with Crippen molar-refractivity contribution in [3.05, 3.63) is 53.1 Å². The number of fused-ring (bicyclic) bond motifs is 1. The first-order chi connectivity index (χ1) is 12.8. The van der Waals surface area contributed by atoms with Crippen molar-refractivity contribution in [3.63, 3.8) is 0 Å². The fourth-order valence-corrected chi connectivity index (χ4v) is 4.90. The van der Waals surface area contributed by atoms with E-state index in [0.29, 0.717) is 15.6 Å². The van der Waals surface area contributed by atoms with Crippen molar-refractivity contribution in [3.8, 4) is 0 Å². The summed E-state index contributed by atoms with van der Waals surface area (Å²) in [6, 6.07) is 11.7. The minimum Gasteiger partial charge on any atom is -0.352 e. The van der Waals surface area contributed by atoms with E-state index in [4.69, 9.17) is 11.6 Å². The molecule has 2 amide bonds. The average Bonchev–Trinajstić information content (AvgIpc) is 2.65. The molecule has 1 aliphatic heterocycles. The highest BCUT2D eigenvalue weighted by molar-refractivity contribution is 8.00. The Morgan fingerprint density at radius 3 is 2.78 bits per heavy atom. The van der Waals surface area contributed by atoms with E-state index in [1.807, 2.05) is 6.07 Å². The Morgan fingerprint density at radius 2 is 2.00 bits per heavy atom. The molecule has 1 aliphatic rings. The molecule has 9 heteroatoms. The van der Waals surface area contributed by atoms with E-state index in [0.717, 1.165) is 5.56 Å². The molecule has 0 unspecified atom stereocenters. The zero-order valence-corrected chi connectivity index (χ0v) is 16.6. The van der Waals surface area contributed by atoms with Gasteiger partial charge in [-0.25, -0.2) is 8.42 Å². The van der Waals surface area contributed by atoms with Crippen molar-refractivity contribution in [1.82, 2.24) is 5.32 Å². The van der Waals surface area contributed by atoms with E-state index in [1.54, 1.807) is 24.3 Å². The molecule has 2 aromatic rings. The summed E-state index contributed by atoms with van der Waals surface area (Å²) in [5, 5.41) is 5.92. The first-order valence-electron chi connectivity index (χ1n) is 8.15. The molecule has 0 aliphatic carbocycles. The number of hydrogen-bond donors (Lipinski definition) is 2. The summed E-state index contributed by atoms with van der Waals surface area (Å²) in [5.74, 6) is -0.519. The third-order valence-corrected chi connectivity index (χ3v) is 7.11. The first kappa shape index (κ1) is 19.7. The molecule has 0 spiro atoms. The SMILES string of the molecule is O=C(CCS(=O)(=O)c1ccc2c(c1)SCC(=O)N2)NCc1ccccc1Cl. The Hall–Kier alpha value is -2.03. The summed E-state index contributed by atoms with van der Waals surface area (Å²) in [5.41, 5.74) is 1.37. The molecule has 1 heterocycles. The van der Waals surface area contributed by atoms with Gasteiger partial charge in [0, 0.05) is 22.9 Å². The van der Waals surface area contributed by atoms with Crippen molar-refractivity contribution in [1.29, 1.82) is 0 Å². The number of benzene rings is 2. The lowest BCUT2D eigenvalue weighted by Gasteiger charge is -2.17. The van der Waals surface area contributed by atoms with E-state index in [1.165, 1.54) is 23.9 Å². The van der Waals surface area contributed by atoms with E-state index < -0.39 is 9.84 Å². The van der Waals surface area contributed by atoms with Crippen LogP contribution in [0.2, 0.25) is 5.02 Å². The van der Waals surface area contributed by atoms with E-state index in [-0.39, 0.29) is 41.2 Å². The van der Waals surface area contributed by atoms with Crippen LogP contribution in [0.5, 0.6) is 0 Å². The van der Waals surface area contributed by atoms with Gasteiger partial charge in [0.25, 0.3) is 0 Å². The van der Waals surface area contributed by atoms with Gasteiger partial charge < -0.3 is 10.6 Å². The monoisotopic (exact) mass is 424 g/mol. The van der Waals surface area contributed by atoms with Crippen LogP contribution in [-0.2, 0) is 26.0 Å². The van der Waals surface area contributed by atoms with Crippen LogP contribution in [0.1, 0.15) is 12.0 Å². The Labute approximate surface area is 166 Å². The van der Waals surface area contributed by atoms with Gasteiger partial charge in [-0.2, -0.15) is 0 Å². The van der Waals surface area contributed by atoms with Crippen molar-refractivity contribution >= 4 is 50.7 Å². The second-order valence-electron chi connectivity index (χ2n) is 5.93. The smallest absolute Gasteiger partial charge is 0.234 e. The number of halogens is 1. The minimum atomic E-state index is -3.61. The molecule has 0 saturated carbocycles. The highest BCUT2D eigenvalue weighted by atomic mass is 35.5. The van der Waals surface area contributed by atoms with Gasteiger partial charge in [0.05, 0.1) is 22.1 Å². The highest BCUT2D eigenvalue weighted by Crippen LogP contribution is 2.33. The van der Waals surface area contributed by atoms with Gasteiger partial charge in [0.1, 0.15) is 0 Å². The van der Waals surface area contributed by atoms with E-state index >= 15 is 0 Å². The first-order valence-corrected chi connectivity index (χ1v) is 11.2. The molecule has 0 atom stereocenters. The van der Waals surface area contributed by atoms with Crippen molar-refractivity contribution < 1.29 is 18.0 Å². The van der Waals surface area contributed by atoms with Crippen molar-refractivity contribution in [2.75, 3.05) is 16.8 Å². The van der Waals surface area contributed by atoms with Gasteiger partial charge >= 0.3 is 0 Å². The Bertz CT molecular complexity index is 993. The number of sulfone groups is 1. The third-order valence-electron chi connectivity index (χ3n) is 3.98. The second kappa shape index (κ2) is 8.33. The number of thioether (sulfide) groups is 1. The fraction of sp³-hybridized carbons (Fsp3) is 0.222. The molecule has 27 heavy (non-hydrogen) atoms. The van der Waals surface area contributed by atoms with Gasteiger partial charge in [-0.05, 0) is 29.8 Å². The Kier molecular flexibility index (Phi) is 6.08. The van der Waals surface area contributed by atoms with Crippen LogP contribution < -0.4 is 10.6 Å². The molecule has 0 aromatic heterocycles. The largest absolute Gasteiger partial charge is 0.352 e. The number of amides is 2. The number of nitrogens with one attached hydrogen (secondary N) is 2. The maximum atomic E-state index is 12.5. The number of carbonyl (C=O) groups is 2. The van der Waals surface area contributed by atoms with Gasteiger partial charge in [-0.15, -0.1) is 11.8 Å². The van der Waals surface area contributed by atoms with Gasteiger partial charge in [-0.1, -0.05) is 29.8 Å². The standard InChI is InChI=1S/C18H17ClN2O4S2/c19-14-4-2-1-3-12(14)10-20-17(22)7-8-27(24,25)13-5-6-15-16(9-13)26-11-18(23)21-15/h1-6,9H,7-8,10-11H2,(H,20,22)(H,21,23). The van der Waals surface area contributed by atoms with Crippen LogP contribution in [0.4, 0.5) is 5.69 Å². The Morgan fingerprint density at radius 1 is 1.22 bits per heavy atom. The topological polar surface area (TPSA) is 92.3 Å². The predicted molar refractivity (Wildman–Crippen MR) is 106 cm³/mol. The summed E-state index contributed by atoms with van der Waals surface area (Å²) in [6.45, 7) is 0.244. The zero-order chi connectivity index (χ0) is 19.4. The summed E-state index contributed by atoms with van der Waals surface area (Å²) in [7, 11) is -3.61. The fourth-order valence-electron chi connectivity index (χ4n) is 2.52. The molecule has 6 nitrogen and oxygen atoms in total. The Balaban J connectivity index is 1.59. The molecule has 0 saturated heterocycles. The normalized spacial score (nSPS) is 13.6. The highest BCUT2D eigenvalue weighted by Gasteiger charge is 2.21. The lowest BCUT2D eigenvalue weighted by Crippen LogP contribution is -2.25. The molecular weight excluding hydrogens is 408 g/mol. The van der Waals surface area contributed by atoms with Crippen LogP contribution in [0, 0.1) is 0 Å². The number of anilines is 1. The van der Waals surface area contributed by atoms with E-state index in [9.17, 15) is 18.0 Å². The quantitative estimate of drug-likeness (QED) is 0.743. The third kappa shape index (κ3) is 5.03. The van der Waals surface area contributed by atoms with Crippen LogP contribution in [0.15, 0.2) is 52.3 Å². The summed E-state index contributed by atoms with van der Waals surface area (Å²) >= 11 is 7.32. The average molecular weight is 425 g/mol. The minimum absolute atomic E-state index is 0.113. The van der Waals surface area contributed by atoms with Gasteiger partial charge in [-0.3, -0.25) is 9.59 Å². The summed E-state index contributed by atoms with van der Waals surface area (Å²) in [6.07, 6.45) is -0.145. The lowest BCUT2D eigenvalue weighted by atomic mass is 10.2. The molecule has 0 bridgehead atoms. The maximum absolute atomic E-state index is 12.5. The molecule has 0 radical (unpaired) electrons. The molecule has 2 N–H and O–H groups in total. The van der Waals surface area contributed by atoms with Crippen LogP contribution >= 0.6 is 23.4 Å². The van der Waals surface area contributed by atoms with Crippen LogP contribution in [0.3, 0.4) is 0 Å². The number of carbonyl (C=O) groups excluding carboxylic acids is 2. The van der Waals surface area contributed by atoms with Crippen LogP contribution in [-0.4, -0.2) is 31.7 Å². The lowest BCUT2D eigenvalue weighted by molar-refractivity contribution is -0.120. The number of rotatable bonds is 6. The summed E-state index contributed by atoms with van der Waals surface area (Å²) in [4.78, 5) is 24.2. The molecule has 3 rings (SSSR count). The molecule has 0 fully saturated rings. The predicted octanol–water partition coefficient (Wildman–Crippen LogP) is 2.86. The number of hydrogen-bond acceptors (Lipinski definition) is 5. The summed E-state index contributed by atoms with van der Waals surface area (Å²) < 4.78 is 25.0. The van der Waals surface area contributed by atoms with Crippen molar-refractivity contribution in [2.45, 2.75) is 22.8 Å². The maximum Gasteiger partial charge on any atom is 0.234 e. The molecular formula is C18H17ClN2O4S2. The van der Waals surface area contributed by atoms with Crippen molar-refractivity contribution in [2.24, 2.45) is 0 Å². The zero-order valence-electron chi connectivity index (χ0n) is 14.2. The molecule has 2 aromatic carbocycles. The second-order valence-corrected chi connectivity index (χ2v) is 9.47.